The molecule has 0 radical (unpaired) electrons. The Balaban J connectivity index is 1.40. The quantitative estimate of drug-likeness (QED) is 0.668. The monoisotopic (exact) mass is 451 g/mol. The molecular formula is C26H33N3O4. The van der Waals surface area contributed by atoms with Crippen LogP contribution < -0.4 is 15.0 Å². The minimum absolute atomic E-state index is 0.000665. The molecule has 0 aromatic heterocycles. The first-order valence-corrected chi connectivity index (χ1v) is 11.7. The van der Waals surface area contributed by atoms with E-state index < -0.39 is 0 Å². The number of anilines is 1. The zero-order valence-corrected chi connectivity index (χ0v) is 19.5. The number of carbonyl (C=O) groups excluding carboxylic acids is 2. The molecule has 2 aromatic carbocycles. The summed E-state index contributed by atoms with van der Waals surface area (Å²) in [6.45, 7) is 6.01. The average Bonchev–Trinajstić information content (AvgIpc) is 3.26. The Morgan fingerprint density at radius 2 is 1.82 bits per heavy atom. The molecular weight excluding hydrogens is 418 g/mol. The van der Waals surface area contributed by atoms with Gasteiger partial charge in [-0.2, -0.15) is 0 Å². The highest BCUT2D eigenvalue weighted by Gasteiger charge is 2.35. The van der Waals surface area contributed by atoms with Crippen molar-refractivity contribution in [2.75, 3.05) is 51.4 Å². The average molecular weight is 452 g/mol. The van der Waals surface area contributed by atoms with Crippen molar-refractivity contribution in [1.29, 1.82) is 0 Å². The van der Waals surface area contributed by atoms with Crippen LogP contribution in [0, 0.1) is 5.92 Å². The summed E-state index contributed by atoms with van der Waals surface area (Å²) >= 11 is 0. The number of methoxy groups -OCH3 is 1. The third-order valence-corrected chi connectivity index (χ3v) is 6.61. The standard InChI is InChI=1S/C26H33N3O4/c1-3-19-4-8-22(9-5-19)29-18-21(16-25(29)30)26(31)27-17-24(28-12-14-33-15-13-28)20-6-10-23(32-2)11-7-20/h4-11,21,24H,3,12-18H2,1-2H3,(H,27,31)/t21-,24+/m1/s1. The summed E-state index contributed by atoms with van der Waals surface area (Å²) in [6.07, 6.45) is 1.20. The number of hydrogen-bond donors (Lipinski definition) is 1. The number of nitrogens with zero attached hydrogens (tertiary/aromatic N) is 2. The largest absolute Gasteiger partial charge is 0.497 e. The number of rotatable bonds is 8. The van der Waals surface area contributed by atoms with Gasteiger partial charge in [0.1, 0.15) is 5.75 Å². The van der Waals surface area contributed by atoms with Crippen molar-refractivity contribution in [2.24, 2.45) is 5.92 Å². The maximum atomic E-state index is 13.0. The zero-order valence-electron chi connectivity index (χ0n) is 19.5. The Kier molecular flexibility index (Phi) is 7.62. The third-order valence-electron chi connectivity index (χ3n) is 6.61. The number of morpholine rings is 1. The molecule has 0 bridgehead atoms. The lowest BCUT2D eigenvalue weighted by Gasteiger charge is -2.35. The molecule has 7 heteroatoms. The van der Waals surface area contributed by atoms with Crippen molar-refractivity contribution in [3.8, 4) is 5.75 Å². The number of benzene rings is 2. The molecule has 2 aliphatic rings. The molecule has 0 aliphatic carbocycles. The molecule has 0 unspecified atom stereocenters. The lowest BCUT2D eigenvalue weighted by atomic mass is 10.0. The Morgan fingerprint density at radius 1 is 1.12 bits per heavy atom. The van der Waals surface area contributed by atoms with Crippen LogP contribution in [0.3, 0.4) is 0 Å². The van der Waals surface area contributed by atoms with Crippen LogP contribution in [0.15, 0.2) is 48.5 Å². The summed E-state index contributed by atoms with van der Waals surface area (Å²) < 4.78 is 10.8. The molecule has 2 amide bonds. The lowest BCUT2D eigenvalue weighted by Crippen LogP contribution is -2.45. The first kappa shape index (κ1) is 23.3. The van der Waals surface area contributed by atoms with Gasteiger partial charge in [-0.05, 0) is 41.8 Å². The Morgan fingerprint density at radius 3 is 2.45 bits per heavy atom. The van der Waals surface area contributed by atoms with Crippen LogP contribution in [0.4, 0.5) is 5.69 Å². The van der Waals surface area contributed by atoms with Gasteiger partial charge >= 0.3 is 0 Å². The number of aryl methyl sites for hydroxylation is 1. The normalized spacial score (nSPS) is 20.0. The lowest BCUT2D eigenvalue weighted by molar-refractivity contribution is -0.126. The van der Waals surface area contributed by atoms with E-state index in [0.29, 0.717) is 26.3 Å². The summed E-state index contributed by atoms with van der Waals surface area (Å²) in [6, 6.07) is 16.0. The summed E-state index contributed by atoms with van der Waals surface area (Å²) in [5.41, 5.74) is 3.21. The minimum atomic E-state index is -0.343. The number of amides is 2. The molecule has 7 nitrogen and oxygen atoms in total. The second-order valence-corrected chi connectivity index (χ2v) is 8.61. The zero-order chi connectivity index (χ0) is 23.2. The van der Waals surface area contributed by atoms with Crippen LogP contribution >= 0.6 is 0 Å². The van der Waals surface area contributed by atoms with Crippen molar-refractivity contribution in [3.05, 3.63) is 59.7 Å². The molecule has 2 aliphatic heterocycles. The molecule has 2 fully saturated rings. The van der Waals surface area contributed by atoms with Gasteiger partial charge in [-0.1, -0.05) is 31.2 Å². The van der Waals surface area contributed by atoms with Crippen molar-refractivity contribution in [3.63, 3.8) is 0 Å². The maximum Gasteiger partial charge on any atom is 0.227 e. The van der Waals surface area contributed by atoms with E-state index in [-0.39, 0.29) is 30.2 Å². The SMILES string of the molecule is CCc1ccc(N2C[C@H](C(=O)NC[C@@H](c3ccc(OC)cc3)N3CCOCC3)CC2=O)cc1. The van der Waals surface area contributed by atoms with Crippen LogP contribution in [0.1, 0.15) is 30.5 Å². The first-order chi connectivity index (χ1) is 16.1. The van der Waals surface area contributed by atoms with Crippen LogP contribution in [0.5, 0.6) is 5.75 Å². The molecule has 2 heterocycles. The summed E-state index contributed by atoms with van der Waals surface area (Å²) in [7, 11) is 1.65. The first-order valence-electron chi connectivity index (χ1n) is 11.7. The fourth-order valence-electron chi connectivity index (χ4n) is 4.56. The van der Waals surface area contributed by atoms with Gasteiger partial charge in [0.05, 0.1) is 32.3 Å². The van der Waals surface area contributed by atoms with Crippen molar-refractivity contribution in [1.82, 2.24) is 10.2 Å². The van der Waals surface area contributed by atoms with Gasteiger partial charge in [0.25, 0.3) is 0 Å². The summed E-state index contributed by atoms with van der Waals surface area (Å²) in [4.78, 5) is 29.7. The molecule has 4 rings (SSSR count). The summed E-state index contributed by atoms with van der Waals surface area (Å²) in [5, 5.41) is 3.13. The molecule has 0 saturated carbocycles. The van der Waals surface area contributed by atoms with Crippen molar-refractivity contribution >= 4 is 17.5 Å². The Labute approximate surface area is 195 Å². The van der Waals surface area contributed by atoms with E-state index >= 15 is 0 Å². The number of nitrogens with one attached hydrogen (secondary N) is 1. The molecule has 2 atom stereocenters. The van der Waals surface area contributed by atoms with E-state index in [9.17, 15) is 9.59 Å². The Bertz CT molecular complexity index is 939. The van der Waals surface area contributed by atoms with E-state index in [1.165, 1.54) is 5.56 Å². The minimum Gasteiger partial charge on any atom is -0.497 e. The van der Waals surface area contributed by atoms with Gasteiger partial charge in [-0.3, -0.25) is 14.5 Å². The van der Waals surface area contributed by atoms with Crippen LogP contribution in [0.2, 0.25) is 0 Å². The van der Waals surface area contributed by atoms with Gasteiger partial charge in [-0.15, -0.1) is 0 Å². The van der Waals surface area contributed by atoms with Crippen molar-refractivity contribution < 1.29 is 19.1 Å². The van der Waals surface area contributed by atoms with Gasteiger partial charge in [-0.25, -0.2) is 0 Å². The highest BCUT2D eigenvalue weighted by Crippen LogP contribution is 2.27. The second-order valence-electron chi connectivity index (χ2n) is 8.61. The molecule has 0 spiro atoms. The molecule has 2 saturated heterocycles. The van der Waals surface area contributed by atoms with Gasteiger partial charge in [0.2, 0.25) is 11.8 Å². The van der Waals surface area contributed by atoms with Crippen LogP contribution in [-0.2, 0) is 20.7 Å². The predicted molar refractivity (Wildman–Crippen MR) is 127 cm³/mol. The maximum absolute atomic E-state index is 13.0. The fraction of sp³-hybridized carbons (Fsp3) is 0.462. The van der Waals surface area contributed by atoms with E-state index in [4.69, 9.17) is 9.47 Å². The molecule has 2 aromatic rings. The van der Waals surface area contributed by atoms with E-state index in [0.717, 1.165) is 36.5 Å². The van der Waals surface area contributed by atoms with Crippen molar-refractivity contribution in [2.45, 2.75) is 25.8 Å². The third kappa shape index (κ3) is 5.54. The number of hydrogen-bond acceptors (Lipinski definition) is 5. The van der Waals surface area contributed by atoms with Crippen LogP contribution in [-0.4, -0.2) is 63.2 Å². The van der Waals surface area contributed by atoms with E-state index in [1.807, 2.05) is 48.5 Å². The van der Waals surface area contributed by atoms with Gasteiger partial charge < -0.3 is 19.7 Å². The van der Waals surface area contributed by atoms with Gasteiger partial charge in [0, 0.05) is 38.3 Å². The van der Waals surface area contributed by atoms with Gasteiger partial charge in [0.15, 0.2) is 0 Å². The number of ether oxygens (including phenoxy) is 2. The fourth-order valence-corrected chi connectivity index (χ4v) is 4.56. The molecule has 1 N–H and O–H groups in total. The number of carbonyl (C=O) groups is 2. The molecule has 176 valence electrons. The Hall–Kier alpha value is -2.90. The highest BCUT2D eigenvalue weighted by molar-refractivity contribution is 6.00. The highest BCUT2D eigenvalue weighted by atomic mass is 16.5. The van der Waals surface area contributed by atoms with Crippen LogP contribution in [0.25, 0.3) is 0 Å². The predicted octanol–water partition coefficient (Wildman–Crippen LogP) is 2.80. The smallest absolute Gasteiger partial charge is 0.227 e. The molecule has 33 heavy (non-hydrogen) atoms. The second kappa shape index (κ2) is 10.8. The van der Waals surface area contributed by atoms with E-state index in [1.54, 1.807) is 12.0 Å². The topological polar surface area (TPSA) is 71.1 Å². The summed E-state index contributed by atoms with van der Waals surface area (Å²) in [5.74, 6) is 0.395. The van der Waals surface area contributed by atoms with E-state index in [2.05, 4.69) is 17.1 Å².